The van der Waals surface area contributed by atoms with Crippen molar-refractivity contribution in [1.29, 1.82) is 0 Å². The van der Waals surface area contributed by atoms with E-state index >= 15 is 0 Å². The van der Waals surface area contributed by atoms with Gasteiger partial charge >= 0.3 is 0 Å². The first kappa shape index (κ1) is 14.2. The number of aryl methyl sites for hydroxylation is 2. The molecule has 2 aromatic rings. The number of rotatable bonds is 3. The van der Waals surface area contributed by atoms with Crippen LogP contribution in [0, 0.1) is 13.8 Å². The van der Waals surface area contributed by atoms with E-state index in [0.717, 1.165) is 0 Å². The SMILES string of the molecule is Cc1cc(S(N)(=O)=O)cc(C)c1NC(=O)c1ccn[nH]1. The molecule has 0 aliphatic heterocycles. The maximum absolute atomic E-state index is 11.9. The normalized spacial score (nSPS) is 11.3. The molecule has 2 rings (SSSR count). The van der Waals surface area contributed by atoms with Crippen LogP contribution in [-0.4, -0.2) is 24.5 Å². The number of aromatic amines is 1. The summed E-state index contributed by atoms with van der Waals surface area (Å²) in [6.45, 7) is 3.40. The van der Waals surface area contributed by atoms with Gasteiger partial charge in [-0.25, -0.2) is 13.6 Å². The molecule has 20 heavy (non-hydrogen) atoms. The first-order chi connectivity index (χ1) is 9.29. The molecule has 1 aromatic carbocycles. The average Bonchev–Trinajstić information content (AvgIpc) is 2.85. The molecule has 0 unspecified atom stereocenters. The van der Waals surface area contributed by atoms with E-state index in [9.17, 15) is 13.2 Å². The Balaban J connectivity index is 2.37. The largest absolute Gasteiger partial charge is 0.320 e. The molecule has 1 heterocycles. The van der Waals surface area contributed by atoms with Gasteiger partial charge in [0, 0.05) is 11.9 Å². The topological polar surface area (TPSA) is 118 Å². The van der Waals surface area contributed by atoms with Crippen molar-refractivity contribution in [3.63, 3.8) is 0 Å². The van der Waals surface area contributed by atoms with Crippen molar-refractivity contribution in [1.82, 2.24) is 10.2 Å². The highest BCUT2D eigenvalue weighted by molar-refractivity contribution is 7.89. The standard InChI is InChI=1S/C12H14N4O3S/c1-7-5-9(20(13,18)19)6-8(2)11(7)15-12(17)10-3-4-14-16-10/h3-6H,1-2H3,(H,14,16)(H,15,17)(H2,13,18,19). The molecule has 0 radical (unpaired) electrons. The summed E-state index contributed by atoms with van der Waals surface area (Å²) in [6, 6.07) is 4.38. The van der Waals surface area contributed by atoms with Crippen LogP contribution in [0.2, 0.25) is 0 Å². The minimum atomic E-state index is -3.77. The van der Waals surface area contributed by atoms with Crippen LogP contribution in [0.1, 0.15) is 21.6 Å². The lowest BCUT2D eigenvalue weighted by Crippen LogP contribution is -2.16. The predicted octanol–water partition coefficient (Wildman–Crippen LogP) is 0.926. The molecule has 0 saturated heterocycles. The van der Waals surface area contributed by atoms with Crippen molar-refractivity contribution in [3.05, 3.63) is 41.2 Å². The molecule has 0 atom stereocenters. The quantitative estimate of drug-likeness (QED) is 0.780. The summed E-state index contributed by atoms with van der Waals surface area (Å²) in [5.74, 6) is -0.350. The minimum absolute atomic E-state index is 0.0204. The van der Waals surface area contributed by atoms with Crippen molar-refractivity contribution in [3.8, 4) is 0 Å². The number of amides is 1. The summed E-state index contributed by atoms with van der Waals surface area (Å²) in [4.78, 5) is 12.0. The highest BCUT2D eigenvalue weighted by atomic mass is 32.2. The summed E-state index contributed by atoms with van der Waals surface area (Å²) in [5, 5.41) is 14.1. The number of carbonyl (C=O) groups is 1. The Morgan fingerprint density at radius 2 is 1.90 bits per heavy atom. The zero-order valence-corrected chi connectivity index (χ0v) is 11.8. The molecular weight excluding hydrogens is 280 g/mol. The van der Waals surface area contributed by atoms with Crippen LogP contribution in [0.5, 0.6) is 0 Å². The van der Waals surface area contributed by atoms with E-state index in [-0.39, 0.29) is 10.8 Å². The van der Waals surface area contributed by atoms with Gasteiger partial charge in [0.05, 0.1) is 4.90 Å². The fraction of sp³-hybridized carbons (Fsp3) is 0.167. The molecule has 8 heteroatoms. The molecule has 0 fully saturated rings. The zero-order valence-electron chi connectivity index (χ0n) is 11.0. The van der Waals surface area contributed by atoms with Gasteiger partial charge in [-0.05, 0) is 43.2 Å². The molecule has 4 N–H and O–H groups in total. The molecule has 1 aromatic heterocycles. The monoisotopic (exact) mass is 294 g/mol. The number of sulfonamides is 1. The summed E-state index contributed by atoms with van der Waals surface area (Å²) in [7, 11) is -3.77. The van der Waals surface area contributed by atoms with Crippen molar-refractivity contribution in [2.24, 2.45) is 5.14 Å². The van der Waals surface area contributed by atoms with Crippen molar-refractivity contribution >= 4 is 21.6 Å². The van der Waals surface area contributed by atoms with Crippen LogP contribution >= 0.6 is 0 Å². The first-order valence-electron chi connectivity index (χ1n) is 5.74. The van der Waals surface area contributed by atoms with E-state index in [0.29, 0.717) is 22.5 Å². The molecule has 1 amide bonds. The van der Waals surface area contributed by atoms with Crippen LogP contribution in [-0.2, 0) is 10.0 Å². The number of benzene rings is 1. The van der Waals surface area contributed by atoms with Gasteiger partial charge < -0.3 is 5.32 Å². The fourth-order valence-electron chi connectivity index (χ4n) is 1.85. The van der Waals surface area contributed by atoms with Crippen LogP contribution in [0.4, 0.5) is 5.69 Å². The Hall–Kier alpha value is -2.19. The Morgan fingerprint density at radius 1 is 1.30 bits per heavy atom. The van der Waals surface area contributed by atoms with Crippen LogP contribution in [0.25, 0.3) is 0 Å². The van der Waals surface area contributed by atoms with Gasteiger partial charge in [-0.1, -0.05) is 0 Å². The van der Waals surface area contributed by atoms with E-state index in [1.165, 1.54) is 18.3 Å². The molecule has 0 bridgehead atoms. The number of nitrogens with zero attached hydrogens (tertiary/aromatic N) is 1. The lowest BCUT2D eigenvalue weighted by Gasteiger charge is -2.12. The highest BCUT2D eigenvalue weighted by Gasteiger charge is 2.15. The number of primary sulfonamides is 1. The van der Waals surface area contributed by atoms with E-state index in [1.807, 2.05) is 0 Å². The number of carbonyl (C=O) groups excluding carboxylic acids is 1. The van der Waals surface area contributed by atoms with Gasteiger partial charge in [-0.3, -0.25) is 9.89 Å². The van der Waals surface area contributed by atoms with E-state index in [2.05, 4.69) is 15.5 Å². The van der Waals surface area contributed by atoms with Crippen molar-refractivity contribution in [2.75, 3.05) is 5.32 Å². The average molecular weight is 294 g/mol. The predicted molar refractivity (Wildman–Crippen MR) is 73.8 cm³/mol. The lowest BCUT2D eigenvalue weighted by atomic mass is 10.1. The Labute approximate surface area is 116 Å². The number of aromatic nitrogens is 2. The number of anilines is 1. The van der Waals surface area contributed by atoms with Crippen molar-refractivity contribution in [2.45, 2.75) is 18.7 Å². The van der Waals surface area contributed by atoms with E-state index in [1.54, 1.807) is 19.9 Å². The van der Waals surface area contributed by atoms with Gasteiger partial charge in [-0.2, -0.15) is 5.10 Å². The Morgan fingerprint density at radius 3 is 2.35 bits per heavy atom. The third-order valence-electron chi connectivity index (χ3n) is 2.82. The molecule has 0 saturated carbocycles. The first-order valence-corrected chi connectivity index (χ1v) is 7.28. The number of nitrogens with two attached hydrogens (primary N) is 1. The van der Waals surface area contributed by atoms with Crippen LogP contribution in [0.3, 0.4) is 0 Å². The highest BCUT2D eigenvalue weighted by Crippen LogP contribution is 2.24. The fourth-order valence-corrected chi connectivity index (χ4v) is 2.53. The molecular formula is C12H14N4O3S. The van der Waals surface area contributed by atoms with Crippen LogP contribution < -0.4 is 10.5 Å². The Kier molecular flexibility index (Phi) is 3.60. The number of H-pyrrole nitrogens is 1. The molecule has 106 valence electrons. The Bertz CT molecular complexity index is 728. The second-order valence-electron chi connectivity index (χ2n) is 4.40. The van der Waals surface area contributed by atoms with Gasteiger partial charge in [0.2, 0.25) is 10.0 Å². The smallest absolute Gasteiger partial charge is 0.273 e. The molecule has 0 aliphatic carbocycles. The summed E-state index contributed by atoms with van der Waals surface area (Å²) < 4.78 is 22.7. The minimum Gasteiger partial charge on any atom is -0.320 e. The summed E-state index contributed by atoms with van der Waals surface area (Å²) in [5.41, 5.74) is 2.10. The van der Waals surface area contributed by atoms with Crippen LogP contribution in [0.15, 0.2) is 29.3 Å². The summed E-state index contributed by atoms with van der Waals surface area (Å²) >= 11 is 0. The summed E-state index contributed by atoms with van der Waals surface area (Å²) in [6.07, 6.45) is 1.47. The van der Waals surface area contributed by atoms with Gasteiger partial charge in [0.1, 0.15) is 5.69 Å². The van der Waals surface area contributed by atoms with E-state index in [4.69, 9.17) is 5.14 Å². The third-order valence-corrected chi connectivity index (χ3v) is 3.71. The number of hydrogen-bond acceptors (Lipinski definition) is 4. The second kappa shape index (κ2) is 5.06. The van der Waals surface area contributed by atoms with Gasteiger partial charge in [0.15, 0.2) is 0 Å². The van der Waals surface area contributed by atoms with Crippen molar-refractivity contribution < 1.29 is 13.2 Å². The number of nitrogens with one attached hydrogen (secondary N) is 2. The maximum atomic E-state index is 11.9. The zero-order chi connectivity index (χ0) is 14.9. The lowest BCUT2D eigenvalue weighted by molar-refractivity contribution is 0.102. The van der Waals surface area contributed by atoms with E-state index < -0.39 is 10.0 Å². The second-order valence-corrected chi connectivity index (χ2v) is 5.96. The third kappa shape index (κ3) is 2.86. The van der Waals surface area contributed by atoms with Gasteiger partial charge in [-0.15, -0.1) is 0 Å². The molecule has 0 aliphatic rings. The van der Waals surface area contributed by atoms with Gasteiger partial charge in [0.25, 0.3) is 5.91 Å². The molecule has 7 nitrogen and oxygen atoms in total. The number of hydrogen-bond donors (Lipinski definition) is 3. The molecule has 0 spiro atoms. The maximum Gasteiger partial charge on any atom is 0.273 e.